The average Bonchev–Trinajstić information content (AvgIpc) is 3.02. The van der Waals surface area contributed by atoms with Crippen molar-refractivity contribution in [3.8, 4) is 0 Å². The van der Waals surface area contributed by atoms with Gasteiger partial charge in [0.15, 0.2) is 0 Å². The Hall–Kier alpha value is -1.26. The highest BCUT2D eigenvalue weighted by molar-refractivity contribution is 5.84. The summed E-state index contributed by atoms with van der Waals surface area (Å²) in [7, 11) is 0. The number of ether oxygens (including phenoxy) is 1. The topological polar surface area (TPSA) is 81.4 Å². The van der Waals surface area contributed by atoms with Crippen molar-refractivity contribution < 1.29 is 14.3 Å². The van der Waals surface area contributed by atoms with E-state index in [1.807, 2.05) is 0 Å². The smallest absolute Gasteiger partial charge is 0.408 e. The molecule has 5 heteroatoms. The lowest BCUT2D eigenvalue weighted by atomic mass is 9.75. The standard InChI is InChI=1S/C15H26N2O3/c1-14(2,3)20-13(19)17-11(12(16)18)10-5-4-6-15(9-10)7-8-15/h10-11H,4-9H2,1-3H3,(H2,16,18)(H,17,19)/t10-,11-/m0/s1. The second-order valence-electron chi connectivity index (χ2n) is 7.38. The molecular formula is C15H26N2O3. The molecule has 2 aliphatic rings. The SMILES string of the molecule is CC(C)(C)OC(=O)N[C@H](C(N)=O)[C@H]1CCCC2(CC2)C1. The minimum absolute atomic E-state index is 0.149. The van der Waals surface area contributed by atoms with Gasteiger partial charge >= 0.3 is 6.09 Å². The second-order valence-corrected chi connectivity index (χ2v) is 7.38. The molecule has 0 bridgehead atoms. The first-order valence-electron chi connectivity index (χ1n) is 7.50. The Labute approximate surface area is 120 Å². The molecule has 0 aromatic carbocycles. The van der Waals surface area contributed by atoms with E-state index < -0.39 is 23.6 Å². The fourth-order valence-corrected chi connectivity index (χ4v) is 3.27. The van der Waals surface area contributed by atoms with Crippen LogP contribution in [0.25, 0.3) is 0 Å². The summed E-state index contributed by atoms with van der Waals surface area (Å²) in [5.41, 5.74) is 5.34. The van der Waals surface area contributed by atoms with Gasteiger partial charge in [-0.1, -0.05) is 6.42 Å². The molecule has 0 radical (unpaired) electrons. The molecule has 0 aromatic rings. The van der Waals surface area contributed by atoms with Gasteiger partial charge in [-0.2, -0.15) is 0 Å². The number of nitrogens with two attached hydrogens (primary N) is 1. The van der Waals surface area contributed by atoms with E-state index in [1.165, 1.54) is 19.3 Å². The van der Waals surface area contributed by atoms with E-state index in [2.05, 4.69) is 5.32 Å². The van der Waals surface area contributed by atoms with Gasteiger partial charge in [0.2, 0.25) is 5.91 Å². The molecule has 20 heavy (non-hydrogen) atoms. The normalized spacial score (nSPS) is 25.9. The number of amides is 2. The zero-order valence-electron chi connectivity index (χ0n) is 12.7. The van der Waals surface area contributed by atoms with Crippen molar-refractivity contribution in [3.05, 3.63) is 0 Å². The number of carbonyl (C=O) groups is 2. The van der Waals surface area contributed by atoms with Crippen molar-refractivity contribution >= 4 is 12.0 Å². The Morgan fingerprint density at radius 2 is 1.95 bits per heavy atom. The summed E-state index contributed by atoms with van der Waals surface area (Å²) in [4.78, 5) is 23.5. The van der Waals surface area contributed by atoms with Gasteiger partial charge in [-0.3, -0.25) is 4.79 Å². The summed E-state index contributed by atoms with van der Waals surface area (Å²) in [6, 6.07) is -0.609. The highest BCUT2D eigenvalue weighted by Gasteiger charge is 2.48. The molecule has 3 N–H and O–H groups in total. The summed E-state index contributed by atoms with van der Waals surface area (Å²) >= 11 is 0. The molecule has 5 nitrogen and oxygen atoms in total. The summed E-state index contributed by atoms with van der Waals surface area (Å²) in [6.07, 6.45) is 6.26. The van der Waals surface area contributed by atoms with Crippen molar-refractivity contribution in [2.45, 2.75) is 70.9 Å². The number of hydrogen-bond acceptors (Lipinski definition) is 3. The maximum Gasteiger partial charge on any atom is 0.408 e. The molecule has 2 atom stereocenters. The average molecular weight is 282 g/mol. The molecule has 0 aliphatic heterocycles. The molecule has 0 heterocycles. The molecule has 2 fully saturated rings. The summed E-state index contributed by atoms with van der Waals surface area (Å²) < 4.78 is 5.22. The number of rotatable bonds is 3. The first-order valence-corrected chi connectivity index (χ1v) is 7.50. The van der Waals surface area contributed by atoms with Crippen molar-refractivity contribution in [2.24, 2.45) is 17.1 Å². The van der Waals surface area contributed by atoms with E-state index in [-0.39, 0.29) is 5.92 Å². The Bertz CT molecular complexity index is 396. The molecule has 0 saturated heterocycles. The van der Waals surface area contributed by atoms with E-state index in [1.54, 1.807) is 20.8 Å². The van der Waals surface area contributed by atoms with Crippen molar-refractivity contribution in [2.75, 3.05) is 0 Å². The van der Waals surface area contributed by atoms with Gasteiger partial charge in [-0.25, -0.2) is 4.79 Å². The second kappa shape index (κ2) is 5.26. The fraction of sp³-hybridized carbons (Fsp3) is 0.867. The maximum atomic E-state index is 11.9. The highest BCUT2D eigenvalue weighted by Crippen LogP contribution is 2.58. The lowest BCUT2D eigenvalue weighted by molar-refractivity contribution is -0.121. The van der Waals surface area contributed by atoms with Crippen LogP contribution in [0.5, 0.6) is 0 Å². The predicted octanol–water partition coefficient (Wildman–Crippen LogP) is 2.34. The van der Waals surface area contributed by atoms with E-state index in [4.69, 9.17) is 10.5 Å². The largest absolute Gasteiger partial charge is 0.444 e. The van der Waals surface area contributed by atoms with E-state index in [0.29, 0.717) is 5.41 Å². The minimum atomic E-state index is -0.609. The van der Waals surface area contributed by atoms with Crippen LogP contribution in [0, 0.1) is 11.3 Å². The Balaban J connectivity index is 1.96. The molecule has 2 rings (SSSR count). The summed E-state index contributed by atoms with van der Waals surface area (Å²) in [5, 5.41) is 2.67. The van der Waals surface area contributed by atoms with Crippen LogP contribution in [0.4, 0.5) is 4.79 Å². The maximum absolute atomic E-state index is 11.9. The van der Waals surface area contributed by atoms with Gasteiger partial charge in [0, 0.05) is 0 Å². The molecule has 114 valence electrons. The van der Waals surface area contributed by atoms with Crippen LogP contribution in [0.1, 0.15) is 59.3 Å². The van der Waals surface area contributed by atoms with Crippen molar-refractivity contribution in [3.63, 3.8) is 0 Å². The molecule has 0 aromatic heterocycles. The van der Waals surface area contributed by atoms with Crippen LogP contribution in [0.15, 0.2) is 0 Å². The number of nitrogens with one attached hydrogen (secondary N) is 1. The Kier molecular flexibility index (Phi) is 3.98. The van der Waals surface area contributed by atoms with Crippen LogP contribution in [-0.4, -0.2) is 23.6 Å². The molecule has 1 spiro atoms. The monoisotopic (exact) mass is 282 g/mol. The van der Waals surface area contributed by atoms with Gasteiger partial charge in [0.1, 0.15) is 11.6 Å². The third-order valence-electron chi connectivity index (χ3n) is 4.38. The molecule has 2 amide bonds. The van der Waals surface area contributed by atoms with Gasteiger partial charge in [0.25, 0.3) is 0 Å². The van der Waals surface area contributed by atoms with Crippen LogP contribution in [0.2, 0.25) is 0 Å². The van der Waals surface area contributed by atoms with Crippen LogP contribution >= 0.6 is 0 Å². The quantitative estimate of drug-likeness (QED) is 0.833. The fourth-order valence-electron chi connectivity index (χ4n) is 3.27. The Morgan fingerprint density at radius 1 is 1.30 bits per heavy atom. The van der Waals surface area contributed by atoms with Crippen LogP contribution in [0.3, 0.4) is 0 Å². The molecular weight excluding hydrogens is 256 g/mol. The lowest BCUT2D eigenvalue weighted by Gasteiger charge is -2.34. The third-order valence-corrected chi connectivity index (χ3v) is 4.38. The van der Waals surface area contributed by atoms with E-state index in [0.717, 1.165) is 19.3 Å². The van der Waals surface area contributed by atoms with Gasteiger partial charge in [0.05, 0.1) is 0 Å². The first kappa shape index (κ1) is 15.1. The molecule has 2 saturated carbocycles. The Morgan fingerprint density at radius 3 is 2.45 bits per heavy atom. The zero-order chi connectivity index (χ0) is 15.0. The van der Waals surface area contributed by atoms with E-state index in [9.17, 15) is 9.59 Å². The number of alkyl carbamates (subject to hydrolysis) is 1. The van der Waals surface area contributed by atoms with Gasteiger partial charge < -0.3 is 15.8 Å². The summed E-state index contributed by atoms with van der Waals surface area (Å²) in [5.74, 6) is -0.310. The van der Waals surface area contributed by atoms with Crippen LogP contribution < -0.4 is 11.1 Å². The van der Waals surface area contributed by atoms with E-state index >= 15 is 0 Å². The highest BCUT2D eigenvalue weighted by atomic mass is 16.6. The third kappa shape index (κ3) is 3.87. The minimum Gasteiger partial charge on any atom is -0.444 e. The number of carbonyl (C=O) groups excluding carboxylic acids is 2. The number of hydrogen-bond donors (Lipinski definition) is 2. The van der Waals surface area contributed by atoms with Crippen molar-refractivity contribution in [1.82, 2.24) is 5.32 Å². The predicted molar refractivity (Wildman–Crippen MR) is 76.0 cm³/mol. The van der Waals surface area contributed by atoms with Gasteiger partial charge in [-0.15, -0.1) is 0 Å². The van der Waals surface area contributed by atoms with Gasteiger partial charge in [-0.05, 0) is 64.2 Å². The van der Waals surface area contributed by atoms with Crippen molar-refractivity contribution in [1.29, 1.82) is 0 Å². The molecule has 2 aliphatic carbocycles. The van der Waals surface area contributed by atoms with Crippen LogP contribution in [-0.2, 0) is 9.53 Å². The zero-order valence-corrected chi connectivity index (χ0v) is 12.7. The number of primary amides is 1. The molecule has 0 unspecified atom stereocenters. The lowest BCUT2D eigenvalue weighted by Crippen LogP contribution is -2.51. The summed E-state index contributed by atoms with van der Waals surface area (Å²) in [6.45, 7) is 5.39. The first-order chi connectivity index (χ1) is 9.21.